The Morgan fingerprint density at radius 1 is 0.950 bits per heavy atom. The normalized spacial score (nSPS) is 13.0. The van der Waals surface area contributed by atoms with E-state index in [2.05, 4.69) is 0 Å². The molecular weight excluding hydrogens is 539 g/mol. The van der Waals surface area contributed by atoms with Crippen LogP contribution >= 0.6 is 12.4 Å². The second-order valence-electron chi connectivity index (χ2n) is 11.6. The van der Waals surface area contributed by atoms with Crippen LogP contribution in [-0.4, -0.2) is 54.0 Å². The molecule has 0 aliphatic carbocycles. The van der Waals surface area contributed by atoms with Crippen molar-refractivity contribution >= 4 is 30.0 Å². The number of Topliss-reactive ketones (excluding diaryl/α,β-unsaturated/α-hetero) is 1. The predicted octanol–water partition coefficient (Wildman–Crippen LogP) is 6.13. The topological polar surface area (TPSA) is 109 Å². The molecule has 0 fully saturated rings. The molecule has 0 aromatic heterocycles. The van der Waals surface area contributed by atoms with Crippen molar-refractivity contribution in [3.63, 3.8) is 0 Å². The molecule has 1 aliphatic heterocycles. The zero-order valence-corrected chi connectivity index (χ0v) is 25.3. The quantitative estimate of drug-likeness (QED) is 0.326. The minimum absolute atomic E-state index is 0. The Labute approximate surface area is 241 Å². The van der Waals surface area contributed by atoms with Crippen LogP contribution in [0, 0.1) is 11.2 Å². The van der Waals surface area contributed by atoms with Crippen molar-refractivity contribution in [3.05, 3.63) is 51.8 Å². The van der Waals surface area contributed by atoms with Crippen LogP contribution in [0.15, 0.2) is 18.2 Å². The fourth-order valence-corrected chi connectivity index (χ4v) is 4.62. The number of nitrogens with one attached hydrogen (secondary N) is 1. The number of carbonyl (C=O) groups excluding carboxylic acids is 1. The third-order valence-electron chi connectivity index (χ3n) is 6.47. The molecule has 1 heterocycles. The van der Waals surface area contributed by atoms with Gasteiger partial charge in [0.05, 0.1) is 25.3 Å². The van der Waals surface area contributed by atoms with Crippen molar-refractivity contribution in [3.8, 4) is 17.2 Å². The molecule has 0 unspecified atom stereocenters. The number of ketones is 1. The SMILES string of the molecule is CCOc1cc2c(c(F)c1OCC)C(=N)N(CC(=O)c1cc(C(C)(C)C)c(OCC(=O)O)c(C(C)(C)C)c1)C2.Cl. The highest BCUT2D eigenvalue weighted by molar-refractivity contribution is 6.06. The molecule has 0 bridgehead atoms. The number of carboxylic acid groups (broad SMARTS) is 1. The van der Waals surface area contributed by atoms with Crippen LogP contribution in [0.4, 0.5) is 4.39 Å². The molecule has 8 nitrogen and oxygen atoms in total. The fraction of sp³-hybridized carbons (Fsp3) is 0.500. The number of hydrogen-bond acceptors (Lipinski definition) is 6. The van der Waals surface area contributed by atoms with Crippen molar-refractivity contribution in [2.24, 2.45) is 0 Å². The summed E-state index contributed by atoms with van der Waals surface area (Å²) >= 11 is 0. The molecule has 2 N–H and O–H groups in total. The van der Waals surface area contributed by atoms with Crippen LogP contribution < -0.4 is 14.2 Å². The number of hydrogen-bond donors (Lipinski definition) is 2. The number of carbonyl (C=O) groups is 2. The van der Waals surface area contributed by atoms with E-state index in [4.69, 9.17) is 19.6 Å². The smallest absolute Gasteiger partial charge is 0.341 e. The molecule has 0 spiro atoms. The van der Waals surface area contributed by atoms with Crippen molar-refractivity contribution in [1.82, 2.24) is 4.90 Å². The van der Waals surface area contributed by atoms with E-state index in [1.165, 1.54) is 4.90 Å². The van der Waals surface area contributed by atoms with Gasteiger partial charge in [0.2, 0.25) is 0 Å². The summed E-state index contributed by atoms with van der Waals surface area (Å²) in [5, 5.41) is 17.9. The third kappa shape index (κ3) is 6.86. The average molecular weight is 579 g/mol. The standard InChI is InChI=1S/C30H39FN2O6.ClH/c1-9-37-22-13-18-14-33(28(32)24(18)25(31)27(22)38-10-2)15-21(34)17-11-19(29(3,4)5)26(39-16-23(35)36)20(12-17)30(6,7)8;/h11-13,32H,9-10,14-16H2,1-8H3,(H,35,36);1H. The number of halogens is 2. The minimum Gasteiger partial charge on any atom is -0.490 e. The van der Waals surface area contributed by atoms with Crippen molar-refractivity contribution < 1.29 is 33.3 Å². The summed E-state index contributed by atoms with van der Waals surface area (Å²) in [6.07, 6.45) is 0. The van der Waals surface area contributed by atoms with Crippen LogP contribution in [0.5, 0.6) is 17.2 Å². The number of rotatable bonds is 10. The van der Waals surface area contributed by atoms with E-state index < -0.39 is 29.2 Å². The summed E-state index contributed by atoms with van der Waals surface area (Å²) < 4.78 is 32.3. The molecule has 220 valence electrons. The van der Waals surface area contributed by atoms with Gasteiger partial charge in [-0.1, -0.05) is 41.5 Å². The van der Waals surface area contributed by atoms with E-state index in [0.717, 1.165) is 0 Å². The summed E-state index contributed by atoms with van der Waals surface area (Å²) in [5.41, 5.74) is 1.62. The van der Waals surface area contributed by atoms with Crippen LogP contribution in [0.25, 0.3) is 0 Å². The number of ether oxygens (including phenoxy) is 3. The largest absolute Gasteiger partial charge is 0.490 e. The maximum Gasteiger partial charge on any atom is 0.341 e. The molecular formula is C30H40ClFN2O6. The first-order valence-corrected chi connectivity index (χ1v) is 13.1. The number of aliphatic carboxylic acids is 1. The van der Waals surface area contributed by atoms with Gasteiger partial charge in [-0.2, -0.15) is 0 Å². The lowest BCUT2D eigenvalue weighted by molar-refractivity contribution is -0.139. The number of nitrogens with zero attached hydrogens (tertiary/aromatic N) is 1. The maximum atomic E-state index is 15.5. The molecule has 2 aromatic rings. The van der Waals surface area contributed by atoms with Gasteiger partial charge in [0.25, 0.3) is 0 Å². The van der Waals surface area contributed by atoms with Gasteiger partial charge in [-0.05, 0) is 48.4 Å². The Hall–Kier alpha value is -3.33. The van der Waals surface area contributed by atoms with E-state index in [1.54, 1.807) is 32.0 Å². The summed E-state index contributed by atoms with van der Waals surface area (Å²) in [4.78, 5) is 26.5. The number of fused-ring (bicyclic) bond motifs is 1. The van der Waals surface area contributed by atoms with Gasteiger partial charge in [-0.25, -0.2) is 9.18 Å². The van der Waals surface area contributed by atoms with Gasteiger partial charge >= 0.3 is 5.97 Å². The van der Waals surface area contributed by atoms with E-state index in [9.17, 15) is 14.7 Å². The van der Waals surface area contributed by atoms with Crippen LogP contribution in [0.1, 0.15) is 88.0 Å². The Bertz CT molecular complexity index is 1260. The lowest BCUT2D eigenvalue weighted by Gasteiger charge is -2.30. The Balaban J connectivity index is 0.00000560. The maximum absolute atomic E-state index is 15.5. The molecule has 3 rings (SSSR count). The summed E-state index contributed by atoms with van der Waals surface area (Å²) in [7, 11) is 0. The number of amidine groups is 1. The lowest BCUT2D eigenvalue weighted by atomic mass is 9.78. The molecule has 40 heavy (non-hydrogen) atoms. The van der Waals surface area contributed by atoms with E-state index in [0.29, 0.717) is 34.6 Å². The molecule has 0 amide bonds. The van der Waals surface area contributed by atoms with Gasteiger partial charge in [0.1, 0.15) is 11.6 Å². The monoisotopic (exact) mass is 578 g/mol. The Morgan fingerprint density at radius 3 is 1.98 bits per heavy atom. The summed E-state index contributed by atoms with van der Waals surface area (Å²) in [6.45, 7) is 15.5. The van der Waals surface area contributed by atoms with Crippen LogP contribution in [0.3, 0.4) is 0 Å². The molecule has 0 saturated carbocycles. The molecule has 0 saturated heterocycles. The van der Waals surface area contributed by atoms with Gasteiger partial charge in [0.15, 0.2) is 29.7 Å². The van der Waals surface area contributed by atoms with Crippen molar-refractivity contribution in [2.75, 3.05) is 26.4 Å². The first kappa shape index (κ1) is 32.9. The average Bonchev–Trinajstić information content (AvgIpc) is 3.13. The van der Waals surface area contributed by atoms with E-state index in [1.807, 2.05) is 41.5 Å². The van der Waals surface area contributed by atoms with Gasteiger partial charge < -0.3 is 24.2 Å². The van der Waals surface area contributed by atoms with Gasteiger partial charge in [-0.3, -0.25) is 10.2 Å². The van der Waals surface area contributed by atoms with Gasteiger partial charge in [-0.15, -0.1) is 12.4 Å². The molecule has 2 aromatic carbocycles. The fourth-order valence-electron chi connectivity index (χ4n) is 4.62. The molecule has 0 atom stereocenters. The van der Waals surface area contributed by atoms with Crippen LogP contribution in [-0.2, 0) is 22.2 Å². The second-order valence-corrected chi connectivity index (χ2v) is 11.6. The summed E-state index contributed by atoms with van der Waals surface area (Å²) in [5.74, 6) is -1.38. The molecule has 0 radical (unpaired) electrons. The number of carboxylic acids is 1. The summed E-state index contributed by atoms with van der Waals surface area (Å²) in [6, 6.07) is 5.15. The van der Waals surface area contributed by atoms with Crippen molar-refractivity contribution in [1.29, 1.82) is 5.41 Å². The predicted molar refractivity (Wildman–Crippen MR) is 155 cm³/mol. The zero-order chi connectivity index (χ0) is 29.3. The van der Waals surface area contributed by atoms with E-state index >= 15 is 4.39 Å². The first-order chi connectivity index (χ1) is 18.1. The highest BCUT2D eigenvalue weighted by Gasteiger charge is 2.34. The second kappa shape index (κ2) is 12.5. The van der Waals surface area contributed by atoms with Crippen LogP contribution in [0.2, 0.25) is 0 Å². The van der Waals surface area contributed by atoms with E-state index in [-0.39, 0.29) is 60.8 Å². The minimum atomic E-state index is -1.09. The number of benzene rings is 2. The highest BCUT2D eigenvalue weighted by atomic mass is 35.5. The van der Waals surface area contributed by atoms with Crippen molar-refractivity contribution in [2.45, 2.75) is 72.8 Å². The highest BCUT2D eigenvalue weighted by Crippen LogP contribution is 2.42. The zero-order valence-electron chi connectivity index (χ0n) is 24.5. The lowest BCUT2D eigenvalue weighted by Crippen LogP contribution is -2.31. The van der Waals surface area contributed by atoms with Gasteiger partial charge in [0, 0.05) is 23.2 Å². The third-order valence-corrected chi connectivity index (χ3v) is 6.47. The Kier molecular flexibility index (Phi) is 10.2. The first-order valence-electron chi connectivity index (χ1n) is 13.1. The Morgan fingerprint density at radius 2 is 1.50 bits per heavy atom. The molecule has 1 aliphatic rings. The molecule has 10 heteroatoms.